The van der Waals surface area contributed by atoms with E-state index in [4.69, 9.17) is 0 Å². The van der Waals surface area contributed by atoms with Gasteiger partial charge in [0.15, 0.2) is 0 Å². The third kappa shape index (κ3) is 0.846. The second-order valence-corrected chi connectivity index (χ2v) is 2.26. The molecule has 0 unspecified atom stereocenters. The van der Waals surface area contributed by atoms with Crippen molar-refractivity contribution in [2.45, 2.75) is 20.8 Å². The van der Waals surface area contributed by atoms with Crippen LogP contribution in [0.1, 0.15) is 17.2 Å². The lowest BCUT2D eigenvalue weighted by Crippen LogP contribution is -1.90. The van der Waals surface area contributed by atoms with E-state index in [2.05, 4.69) is 12.0 Å². The Morgan fingerprint density at radius 1 is 1.33 bits per heavy atom. The molecular formula is C7H11N2. The van der Waals surface area contributed by atoms with Crippen LogP contribution in [0.2, 0.25) is 0 Å². The van der Waals surface area contributed by atoms with Crippen LogP contribution in [0.5, 0.6) is 0 Å². The number of nitrogens with zero attached hydrogens (tertiary/aromatic N) is 2. The van der Waals surface area contributed by atoms with Crippen LogP contribution in [-0.2, 0) is 0 Å². The number of aryl methyl sites for hydroxylation is 2. The van der Waals surface area contributed by atoms with Crippen molar-refractivity contribution in [1.82, 2.24) is 9.55 Å². The highest BCUT2D eigenvalue weighted by Gasteiger charge is 2.00. The van der Waals surface area contributed by atoms with Crippen LogP contribution in [-0.4, -0.2) is 9.55 Å². The summed E-state index contributed by atoms with van der Waals surface area (Å²) in [6, 6.07) is 0. The van der Waals surface area contributed by atoms with Gasteiger partial charge in [0.05, 0.1) is 5.69 Å². The Kier molecular flexibility index (Phi) is 1.31. The molecule has 0 aliphatic rings. The summed E-state index contributed by atoms with van der Waals surface area (Å²) < 4.78 is 1.84. The average Bonchev–Trinajstić information content (AvgIpc) is 1.98. The first-order chi connectivity index (χ1) is 4.13. The number of rotatable bonds is 0. The minimum Gasteiger partial charge on any atom is -0.331 e. The van der Waals surface area contributed by atoms with Gasteiger partial charge in [-0.3, -0.25) is 0 Å². The zero-order chi connectivity index (χ0) is 7.02. The lowest BCUT2D eigenvalue weighted by molar-refractivity contribution is 0.939. The average molecular weight is 123 g/mol. The van der Waals surface area contributed by atoms with Gasteiger partial charge >= 0.3 is 0 Å². The Bertz CT molecular complexity index is 201. The van der Waals surface area contributed by atoms with Gasteiger partial charge in [-0.05, 0) is 20.8 Å². The highest BCUT2D eigenvalue weighted by Crippen LogP contribution is 2.05. The molecule has 0 aliphatic carbocycles. The van der Waals surface area contributed by atoms with E-state index in [1.54, 1.807) is 0 Å². The number of imidazole rings is 1. The van der Waals surface area contributed by atoms with E-state index in [9.17, 15) is 0 Å². The summed E-state index contributed by atoms with van der Waals surface area (Å²) >= 11 is 0. The number of hydrogen-bond donors (Lipinski definition) is 0. The van der Waals surface area contributed by atoms with Gasteiger partial charge in [-0.2, -0.15) is 0 Å². The van der Waals surface area contributed by atoms with Crippen molar-refractivity contribution in [2.75, 3.05) is 0 Å². The molecule has 0 aliphatic heterocycles. The molecule has 49 valence electrons. The fraction of sp³-hybridized carbons (Fsp3) is 0.429. The van der Waals surface area contributed by atoms with Crippen LogP contribution in [0.3, 0.4) is 0 Å². The Labute approximate surface area is 55.5 Å². The fourth-order valence-electron chi connectivity index (χ4n) is 0.822. The van der Waals surface area contributed by atoms with Gasteiger partial charge in [0, 0.05) is 12.7 Å². The minimum absolute atomic E-state index is 0.977. The van der Waals surface area contributed by atoms with E-state index in [1.165, 1.54) is 0 Å². The molecule has 2 nitrogen and oxygen atoms in total. The molecule has 0 bridgehead atoms. The Balaban J connectivity index is 3.29. The van der Waals surface area contributed by atoms with E-state index in [0.29, 0.717) is 0 Å². The fourth-order valence-corrected chi connectivity index (χ4v) is 0.822. The predicted octanol–water partition coefficient (Wildman–Crippen LogP) is 1.45. The third-order valence-corrected chi connectivity index (χ3v) is 1.65. The zero-order valence-corrected chi connectivity index (χ0v) is 6.10. The smallest absolute Gasteiger partial charge is 0.106 e. The second kappa shape index (κ2) is 1.87. The first-order valence-corrected chi connectivity index (χ1v) is 2.96. The first kappa shape index (κ1) is 6.33. The van der Waals surface area contributed by atoms with Gasteiger partial charge in [-0.1, -0.05) is 0 Å². The van der Waals surface area contributed by atoms with Gasteiger partial charge in [0.2, 0.25) is 0 Å². The number of hydrogen-bond acceptors (Lipinski definition) is 1. The topological polar surface area (TPSA) is 17.8 Å². The normalized spacial score (nSPS) is 10.2. The first-order valence-electron chi connectivity index (χ1n) is 2.96. The quantitative estimate of drug-likeness (QED) is 0.510. The van der Waals surface area contributed by atoms with Crippen molar-refractivity contribution in [3.63, 3.8) is 0 Å². The van der Waals surface area contributed by atoms with E-state index in [-0.39, 0.29) is 0 Å². The van der Waals surface area contributed by atoms with Crippen molar-refractivity contribution in [3.8, 4) is 0 Å². The predicted molar refractivity (Wildman–Crippen MR) is 37.2 cm³/mol. The second-order valence-electron chi connectivity index (χ2n) is 2.26. The summed E-state index contributed by atoms with van der Waals surface area (Å²) in [5.74, 6) is 0.977. The minimum atomic E-state index is 0.977. The molecule has 0 fully saturated rings. The van der Waals surface area contributed by atoms with Crippen LogP contribution in [0.4, 0.5) is 0 Å². The molecule has 0 saturated carbocycles. The van der Waals surface area contributed by atoms with Gasteiger partial charge in [-0.25, -0.2) is 4.98 Å². The van der Waals surface area contributed by atoms with Crippen LogP contribution in [0, 0.1) is 27.8 Å². The molecule has 0 N–H and O–H groups in total. The van der Waals surface area contributed by atoms with Crippen molar-refractivity contribution in [1.29, 1.82) is 0 Å². The maximum Gasteiger partial charge on any atom is 0.106 e. The highest BCUT2D eigenvalue weighted by atomic mass is 15.1. The van der Waals surface area contributed by atoms with Crippen LogP contribution in [0.15, 0.2) is 0 Å². The van der Waals surface area contributed by atoms with Crippen molar-refractivity contribution >= 4 is 0 Å². The lowest BCUT2D eigenvalue weighted by atomic mass is 10.4. The van der Waals surface area contributed by atoms with E-state index in [0.717, 1.165) is 17.2 Å². The molecule has 0 spiro atoms. The summed E-state index contributed by atoms with van der Waals surface area (Å²) in [6.45, 7) is 5.96. The van der Waals surface area contributed by atoms with Crippen LogP contribution in [0.25, 0.3) is 0 Å². The molecule has 9 heavy (non-hydrogen) atoms. The monoisotopic (exact) mass is 123 g/mol. The van der Waals surface area contributed by atoms with Crippen LogP contribution >= 0.6 is 0 Å². The summed E-state index contributed by atoms with van der Waals surface area (Å²) in [4.78, 5) is 4.21. The Morgan fingerprint density at radius 3 is 2.00 bits per heavy atom. The molecule has 1 rings (SSSR count). The van der Waals surface area contributed by atoms with Gasteiger partial charge < -0.3 is 4.57 Å². The van der Waals surface area contributed by atoms with E-state index >= 15 is 0 Å². The van der Waals surface area contributed by atoms with Gasteiger partial charge in [-0.15, -0.1) is 0 Å². The standard InChI is InChI=1S/C7H11N2/c1-5-6(2)9(4)7(3)8-5/h4H2,1-3H3. The molecule has 0 amide bonds. The summed E-state index contributed by atoms with van der Waals surface area (Å²) in [7, 11) is 3.79. The number of aromatic nitrogens is 2. The van der Waals surface area contributed by atoms with Crippen molar-refractivity contribution < 1.29 is 0 Å². The molecule has 1 aromatic rings. The van der Waals surface area contributed by atoms with E-state index < -0.39 is 0 Å². The molecular weight excluding hydrogens is 112 g/mol. The molecule has 0 saturated heterocycles. The summed E-state index contributed by atoms with van der Waals surface area (Å²) in [6.07, 6.45) is 0. The zero-order valence-electron chi connectivity index (χ0n) is 6.10. The maximum absolute atomic E-state index is 4.21. The Hall–Kier alpha value is -0.790. The third-order valence-electron chi connectivity index (χ3n) is 1.65. The highest BCUT2D eigenvalue weighted by molar-refractivity contribution is 5.13. The van der Waals surface area contributed by atoms with Crippen molar-refractivity contribution in [3.05, 3.63) is 24.3 Å². The Morgan fingerprint density at radius 2 is 1.89 bits per heavy atom. The van der Waals surface area contributed by atoms with Gasteiger partial charge in [0.25, 0.3) is 0 Å². The molecule has 1 heterocycles. The van der Waals surface area contributed by atoms with E-state index in [1.807, 2.05) is 25.3 Å². The summed E-state index contributed by atoms with van der Waals surface area (Å²) in [5.41, 5.74) is 2.22. The SMILES string of the molecule is [CH2]n1c(C)nc(C)c1C. The van der Waals surface area contributed by atoms with Crippen molar-refractivity contribution in [2.24, 2.45) is 0 Å². The summed E-state index contributed by atoms with van der Waals surface area (Å²) in [5, 5.41) is 0. The maximum atomic E-state index is 4.21. The van der Waals surface area contributed by atoms with Crippen LogP contribution < -0.4 is 0 Å². The lowest BCUT2D eigenvalue weighted by Gasteiger charge is -1.94. The molecule has 2 heteroatoms. The molecule has 0 aromatic carbocycles. The molecule has 1 aromatic heterocycles. The molecule has 0 atom stereocenters. The largest absolute Gasteiger partial charge is 0.331 e. The molecule has 1 radical (unpaired) electrons. The van der Waals surface area contributed by atoms with Gasteiger partial charge in [0.1, 0.15) is 5.82 Å².